The quantitative estimate of drug-likeness (QED) is 0.634. The van der Waals surface area contributed by atoms with Gasteiger partial charge in [-0.3, -0.25) is 0 Å². The number of nitrogens with one attached hydrogen (secondary N) is 1. The molecule has 6 heteroatoms. The Labute approximate surface area is 102 Å². The largest absolute Gasteiger partial charge is 0.444 e. The molecule has 0 radical (unpaired) electrons. The number of hydrogen-bond acceptors (Lipinski definition) is 2. The molecule has 1 amide bonds. The molecule has 0 aliphatic rings. The van der Waals surface area contributed by atoms with Gasteiger partial charge < -0.3 is 10.1 Å². The van der Waals surface area contributed by atoms with Gasteiger partial charge in [0.25, 0.3) is 6.43 Å². The maximum absolute atomic E-state index is 12.4. The molecule has 0 saturated heterocycles. The molecule has 0 aromatic heterocycles. The van der Waals surface area contributed by atoms with E-state index in [9.17, 15) is 13.6 Å². The molecule has 1 N–H and O–H groups in total. The van der Waals surface area contributed by atoms with Gasteiger partial charge in [-0.25, -0.2) is 13.6 Å². The van der Waals surface area contributed by atoms with Crippen LogP contribution in [-0.2, 0) is 4.74 Å². The topological polar surface area (TPSA) is 38.3 Å². The summed E-state index contributed by atoms with van der Waals surface area (Å²) in [4.78, 5) is 11.2. The van der Waals surface area contributed by atoms with Crippen molar-refractivity contribution in [1.82, 2.24) is 5.32 Å². The summed E-state index contributed by atoms with van der Waals surface area (Å²) in [5.74, 6) is 0. The van der Waals surface area contributed by atoms with E-state index in [2.05, 4.69) is 5.32 Å². The van der Waals surface area contributed by atoms with Crippen molar-refractivity contribution in [1.29, 1.82) is 0 Å². The first-order valence-corrected chi connectivity index (χ1v) is 6.12. The average Bonchev–Trinajstić information content (AvgIpc) is 1.99. The van der Waals surface area contributed by atoms with Crippen LogP contribution in [0.25, 0.3) is 0 Å². The number of carbonyl (C=O) groups is 1. The van der Waals surface area contributed by atoms with Crippen molar-refractivity contribution in [2.45, 2.75) is 45.3 Å². The Morgan fingerprint density at radius 2 is 2.00 bits per heavy atom. The van der Waals surface area contributed by atoms with E-state index in [1.54, 1.807) is 20.8 Å². The fourth-order valence-electron chi connectivity index (χ4n) is 0.838. The van der Waals surface area contributed by atoms with Gasteiger partial charge in [0, 0.05) is 4.43 Å². The van der Waals surface area contributed by atoms with Gasteiger partial charge in [0.05, 0.1) is 6.04 Å². The summed E-state index contributed by atoms with van der Waals surface area (Å²) in [5, 5.41) is 2.16. The second-order valence-corrected chi connectivity index (χ2v) is 5.14. The highest BCUT2D eigenvalue weighted by molar-refractivity contribution is 14.1. The first-order chi connectivity index (χ1) is 6.76. The first-order valence-electron chi connectivity index (χ1n) is 4.60. The smallest absolute Gasteiger partial charge is 0.408 e. The highest BCUT2D eigenvalue weighted by atomic mass is 127. The van der Waals surface area contributed by atoms with Gasteiger partial charge in [0.2, 0.25) is 0 Å². The minimum Gasteiger partial charge on any atom is -0.444 e. The molecular weight excluding hydrogens is 319 g/mol. The van der Waals surface area contributed by atoms with Gasteiger partial charge in [-0.05, 0) is 27.2 Å². The van der Waals surface area contributed by atoms with Crippen LogP contribution in [0.2, 0.25) is 0 Å². The lowest BCUT2D eigenvalue weighted by molar-refractivity contribution is 0.0373. The number of alkyl halides is 3. The Hall–Kier alpha value is -0.140. The zero-order valence-corrected chi connectivity index (χ0v) is 11.2. The predicted octanol–water partition coefficient (Wildman–Crippen LogP) is 2.97. The summed E-state index contributed by atoms with van der Waals surface area (Å²) in [5.41, 5.74) is -0.666. The second kappa shape index (κ2) is 6.44. The van der Waals surface area contributed by atoms with Gasteiger partial charge >= 0.3 is 6.09 Å². The fraction of sp³-hybridized carbons (Fsp3) is 0.889. The van der Waals surface area contributed by atoms with Crippen LogP contribution in [0.5, 0.6) is 0 Å². The Morgan fingerprint density at radius 1 is 1.47 bits per heavy atom. The molecule has 0 rings (SSSR count). The van der Waals surface area contributed by atoms with E-state index in [4.69, 9.17) is 4.74 Å². The predicted molar refractivity (Wildman–Crippen MR) is 62.7 cm³/mol. The first kappa shape index (κ1) is 14.9. The van der Waals surface area contributed by atoms with Crippen molar-refractivity contribution in [2.75, 3.05) is 4.43 Å². The van der Waals surface area contributed by atoms with E-state index in [0.29, 0.717) is 4.43 Å². The molecule has 90 valence electrons. The van der Waals surface area contributed by atoms with E-state index in [1.807, 2.05) is 22.6 Å². The van der Waals surface area contributed by atoms with E-state index in [-0.39, 0.29) is 6.42 Å². The van der Waals surface area contributed by atoms with Crippen LogP contribution in [-0.4, -0.2) is 28.6 Å². The number of amides is 1. The summed E-state index contributed by atoms with van der Waals surface area (Å²) < 4.78 is 30.2. The molecule has 0 aliphatic carbocycles. The van der Waals surface area contributed by atoms with Gasteiger partial charge in [0.15, 0.2) is 0 Å². The molecule has 15 heavy (non-hydrogen) atoms. The minimum atomic E-state index is -2.56. The molecule has 0 bridgehead atoms. The van der Waals surface area contributed by atoms with Crippen molar-refractivity contribution < 1.29 is 18.3 Å². The van der Waals surface area contributed by atoms with E-state index in [0.717, 1.165) is 0 Å². The molecule has 0 aromatic carbocycles. The van der Waals surface area contributed by atoms with E-state index >= 15 is 0 Å². The Balaban J connectivity index is 4.11. The number of ether oxygens (including phenoxy) is 1. The van der Waals surface area contributed by atoms with Crippen molar-refractivity contribution >= 4 is 28.7 Å². The monoisotopic (exact) mass is 335 g/mol. The number of hydrogen-bond donors (Lipinski definition) is 1. The zero-order valence-electron chi connectivity index (χ0n) is 9.02. The third kappa shape index (κ3) is 7.75. The number of rotatable bonds is 4. The Kier molecular flexibility index (Phi) is 6.38. The van der Waals surface area contributed by atoms with Crippen molar-refractivity contribution in [3.8, 4) is 0 Å². The van der Waals surface area contributed by atoms with Crippen LogP contribution in [0.1, 0.15) is 27.2 Å². The number of carbonyl (C=O) groups excluding carboxylic acids is 1. The van der Waals surface area contributed by atoms with Crippen LogP contribution < -0.4 is 5.32 Å². The molecule has 0 aromatic rings. The van der Waals surface area contributed by atoms with Crippen LogP contribution in [0.4, 0.5) is 13.6 Å². The van der Waals surface area contributed by atoms with Crippen LogP contribution in [0.15, 0.2) is 0 Å². The maximum Gasteiger partial charge on any atom is 0.408 e. The Morgan fingerprint density at radius 3 is 2.33 bits per heavy atom. The molecule has 3 nitrogen and oxygen atoms in total. The summed E-state index contributed by atoms with van der Waals surface area (Å²) in [7, 11) is 0. The normalized spacial score (nSPS) is 13.8. The summed E-state index contributed by atoms with van der Waals surface area (Å²) >= 11 is 1.99. The molecule has 0 fully saturated rings. The molecule has 1 unspecified atom stereocenters. The maximum atomic E-state index is 12.4. The van der Waals surface area contributed by atoms with Gasteiger partial charge in [-0.1, -0.05) is 22.6 Å². The lowest BCUT2D eigenvalue weighted by Crippen LogP contribution is -2.43. The second-order valence-electron chi connectivity index (χ2n) is 4.06. The lowest BCUT2D eigenvalue weighted by Gasteiger charge is -2.22. The highest BCUT2D eigenvalue weighted by Gasteiger charge is 2.24. The minimum absolute atomic E-state index is 0.234. The molecule has 0 saturated carbocycles. The van der Waals surface area contributed by atoms with Gasteiger partial charge in [0.1, 0.15) is 5.60 Å². The SMILES string of the molecule is CC(C)(C)OC(=O)NC(CCI)C(F)F. The Bertz CT molecular complexity index is 207. The van der Waals surface area contributed by atoms with Crippen molar-refractivity contribution in [3.63, 3.8) is 0 Å². The van der Waals surface area contributed by atoms with Crippen LogP contribution in [0, 0.1) is 0 Å². The number of halogens is 3. The van der Waals surface area contributed by atoms with E-state index < -0.39 is 24.2 Å². The number of alkyl carbamates (subject to hydrolysis) is 1. The molecule has 0 spiro atoms. The summed E-state index contributed by atoms with van der Waals surface area (Å²) in [6.45, 7) is 5.05. The summed E-state index contributed by atoms with van der Waals surface area (Å²) in [6.07, 6.45) is -3.12. The molecule has 0 heterocycles. The van der Waals surface area contributed by atoms with Crippen LogP contribution >= 0.6 is 22.6 Å². The van der Waals surface area contributed by atoms with Crippen molar-refractivity contribution in [2.24, 2.45) is 0 Å². The van der Waals surface area contributed by atoms with Crippen molar-refractivity contribution in [3.05, 3.63) is 0 Å². The van der Waals surface area contributed by atoms with Crippen LogP contribution in [0.3, 0.4) is 0 Å². The van der Waals surface area contributed by atoms with E-state index in [1.165, 1.54) is 0 Å². The fourth-order valence-corrected chi connectivity index (χ4v) is 1.51. The van der Waals surface area contributed by atoms with Gasteiger partial charge in [-0.15, -0.1) is 0 Å². The average molecular weight is 335 g/mol. The molecular formula is C9H16F2INO2. The standard InChI is InChI=1S/C9H16F2INO2/c1-9(2,3)15-8(14)13-6(4-5-12)7(10)11/h6-7H,4-5H2,1-3H3,(H,13,14). The highest BCUT2D eigenvalue weighted by Crippen LogP contribution is 2.10. The lowest BCUT2D eigenvalue weighted by atomic mass is 10.2. The summed E-state index contributed by atoms with van der Waals surface area (Å²) in [6, 6.07) is -1.13. The van der Waals surface area contributed by atoms with Gasteiger partial charge in [-0.2, -0.15) is 0 Å². The third-order valence-corrected chi connectivity index (χ3v) is 2.05. The molecule has 0 aliphatic heterocycles. The third-order valence-electron chi connectivity index (χ3n) is 1.43. The zero-order chi connectivity index (χ0) is 12.1. The molecule has 1 atom stereocenters.